The van der Waals surface area contributed by atoms with Gasteiger partial charge in [0.05, 0.1) is 12.8 Å². The molecule has 0 heterocycles. The predicted octanol–water partition coefficient (Wildman–Crippen LogP) is 4.73. The van der Waals surface area contributed by atoms with Gasteiger partial charge in [0.15, 0.2) is 18.1 Å². The van der Waals surface area contributed by atoms with E-state index in [0.29, 0.717) is 29.4 Å². The molecule has 9 nitrogen and oxygen atoms in total. The Labute approximate surface area is 228 Å². The number of hydrazone groups is 1. The highest BCUT2D eigenvalue weighted by molar-refractivity contribution is 6.39. The van der Waals surface area contributed by atoms with E-state index < -0.39 is 11.8 Å². The fourth-order valence-corrected chi connectivity index (χ4v) is 4.09. The van der Waals surface area contributed by atoms with Crippen molar-refractivity contribution < 1.29 is 23.9 Å². The predicted molar refractivity (Wildman–Crippen MR) is 153 cm³/mol. The van der Waals surface area contributed by atoms with Gasteiger partial charge in [0.25, 0.3) is 5.91 Å². The van der Waals surface area contributed by atoms with Crippen LogP contribution in [0.3, 0.4) is 0 Å². The number of anilines is 2. The zero-order valence-corrected chi connectivity index (χ0v) is 23.1. The third kappa shape index (κ3) is 7.91. The number of para-hydroxylation sites is 1. The normalized spacial score (nSPS) is 10.7. The number of hydrogen-bond acceptors (Lipinski definition) is 6. The van der Waals surface area contributed by atoms with Crippen LogP contribution in [0, 0.1) is 34.6 Å². The van der Waals surface area contributed by atoms with E-state index in [-0.39, 0.29) is 12.5 Å². The Bertz CT molecular complexity index is 1370. The topological polar surface area (TPSA) is 118 Å². The van der Waals surface area contributed by atoms with E-state index in [4.69, 9.17) is 9.47 Å². The Morgan fingerprint density at radius 1 is 0.769 bits per heavy atom. The van der Waals surface area contributed by atoms with Gasteiger partial charge in [0.2, 0.25) is 0 Å². The summed E-state index contributed by atoms with van der Waals surface area (Å²) in [5, 5.41) is 9.40. The third-order valence-corrected chi connectivity index (χ3v) is 5.87. The number of carbonyl (C=O) groups excluding carboxylic acids is 3. The molecule has 0 unspecified atom stereocenters. The van der Waals surface area contributed by atoms with E-state index in [1.54, 1.807) is 18.2 Å². The molecule has 0 fully saturated rings. The van der Waals surface area contributed by atoms with Crippen LogP contribution in [0.5, 0.6) is 11.5 Å². The minimum Gasteiger partial charge on any atom is -0.490 e. The largest absolute Gasteiger partial charge is 0.490 e. The monoisotopic (exact) mass is 530 g/mol. The zero-order chi connectivity index (χ0) is 28.5. The van der Waals surface area contributed by atoms with Crippen LogP contribution in [0.15, 0.2) is 53.6 Å². The molecule has 0 atom stereocenters. The highest BCUT2D eigenvalue weighted by Crippen LogP contribution is 2.28. The van der Waals surface area contributed by atoms with Crippen molar-refractivity contribution in [3.8, 4) is 11.5 Å². The number of benzene rings is 3. The van der Waals surface area contributed by atoms with E-state index in [1.165, 1.54) is 6.21 Å². The lowest BCUT2D eigenvalue weighted by atomic mass is 10.1. The van der Waals surface area contributed by atoms with Crippen molar-refractivity contribution >= 4 is 35.3 Å². The molecule has 0 aliphatic rings. The Balaban J connectivity index is 1.60. The second-order valence-electron chi connectivity index (χ2n) is 9.17. The molecule has 0 aliphatic heterocycles. The number of rotatable bonds is 9. The van der Waals surface area contributed by atoms with Gasteiger partial charge in [-0.3, -0.25) is 14.4 Å². The lowest BCUT2D eigenvalue weighted by Gasteiger charge is -2.15. The lowest BCUT2D eigenvalue weighted by molar-refractivity contribution is -0.136. The molecular formula is C30H34N4O5. The molecule has 0 aromatic heterocycles. The number of nitrogens with zero attached hydrogens (tertiary/aromatic N) is 1. The van der Waals surface area contributed by atoms with Crippen LogP contribution in [-0.4, -0.2) is 37.1 Å². The molecule has 0 spiro atoms. The first-order valence-electron chi connectivity index (χ1n) is 12.6. The maximum Gasteiger partial charge on any atom is 0.329 e. The number of hydrogen-bond donors (Lipinski definition) is 3. The summed E-state index contributed by atoms with van der Waals surface area (Å²) in [6, 6.07) is 14.6. The summed E-state index contributed by atoms with van der Waals surface area (Å²) in [4.78, 5) is 37.0. The SMILES string of the molecule is CCOc1cc(/C=N\NC(=O)C(=O)Nc2c(C)cccc2C)ccc1OCC(=O)Nc1c(C)cc(C)cc1C. The Morgan fingerprint density at radius 3 is 2.05 bits per heavy atom. The fourth-order valence-electron chi connectivity index (χ4n) is 4.09. The minimum atomic E-state index is -0.899. The second-order valence-corrected chi connectivity index (χ2v) is 9.17. The highest BCUT2D eigenvalue weighted by atomic mass is 16.5. The molecule has 0 aliphatic carbocycles. The first-order chi connectivity index (χ1) is 18.6. The van der Waals surface area contributed by atoms with Crippen molar-refractivity contribution in [3.63, 3.8) is 0 Å². The van der Waals surface area contributed by atoms with Gasteiger partial charge in [-0.15, -0.1) is 0 Å². The summed E-state index contributed by atoms with van der Waals surface area (Å²) in [5.74, 6) is -1.21. The standard InChI is InChI=1S/C30H34N4O5/c1-7-38-25-15-23(16-31-34-30(37)29(36)33-27-19(3)9-8-10-20(27)4)11-12-24(25)39-17-26(35)32-28-21(5)13-18(2)14-22(28)6/h8-16H,7,17H2,1-6H3,(H,32,35)(H,33,36)(H,34,37)/b31-16-. The summed E-state index contributed by atoms with van der Waals surface area (Å²) >= 11 is 0. The van der Waals surface area contributed by atoms with Crippen LogP contribution in [0.2, 0.25) is 0 Å². The summed E-state index contributed by atoms with van der Waals surface area (Å²) < 4.78 is 11.4. The summed E-state index contributed by atoms with van der Waals surface area (Å²) in [7, 11) is 0. The molecule has 0 bridgehead atoms. The van der Waals surface area contributed by atoms with Gasteiger partial charge >= 0.3 is 11.8 Å². The number of aryl methyl sites for hydroxylation is 5. The van der Waals surface area contributed by atoms with Crippen molar-refractivity contribution in [2.75, 3.05) is 23.8 Å². The van der Waals surface area contributed by atoms with Gasteiger partial charge in [0.1, 0.15) is 0 Å². The van der Waals surface area contributed by atoms with E-state index in [1.807, 2.05) is 71.9 Å². The Morgan fingerprint density at radius 2 is 1.41 bits per heavy atom. The van der Waals surface area contributed by atoms with Gasteiger partial charge < -0.3 is 20.1 Å². The average molecular weight is 531 g/mol. The van der Waals surface area contributed by atoms with Crippen molar-refractivity contribution in [1.82, 2.24) is 5.43 Å². The van der Waals surface area contributed by atoms with Gasteiger partial charge in [-0.2, -0.15) is 5.10 Å². The van der Waals surface area contributed by atoms with Crippen LogP contribution >= 0.6 is 0 Å². The van der Waals surface area contributed by atoms with E-state index in [9.17, 15) is 14.4 Å². The fraction of sp³-hybridized carbons (Fsp3) is 0.267. The molecule has 3 rings (SSSR count). The summed E-state index contributed by atoms with van der Waals surface area (Å²) in [6.07, 6.45) is 1.38. The number of carbonyl (C=O) groups is 3. The molecule has 39 heavy (non-hydrogen) atoms. The van der Waals surface area contributed by atoms with Crippen LogP contribution in [-0.2, 0) is 14.4 Å². The van der Waals surface area contributed by atoms with Crippen LogP contribution in [0.4, 0.5) is 11.4 Å². The first-order valence-corrected chi connectivity index (χ1v) is 12.6. The van der Waals surface area contributed by atoms with E-state index >= 15 is 0 Å². The second kappa shape index (κ2) is 13.2. The maximum absolute atomic E-state index is 12.6. The maximum atomic E-state index is 12.6. The molecule has 0 saturated heterocycles. The zero-order valence-electron chi connectivity index (χ0n) is 23.1. The van der Waals surface area contributed by atoms with Crippen molar-refractivity contribution in [2.24, 2.45) is 5.10 Å². The first kappa shape index (κ1) is 28.9. The Hall–Kier alpha value is -4.66. The Kier molecular flexibility index (Phi) is 9.80. The molecule has 9 heteroatoms. The molecule has 3 N–H and O–H groups in total. The smallest absolute Gasteiger partial charge is 0.329 e. The quantitative estimate of drug-likeness (QED) is 0.210. The molecule has 3 aromatic carbocycles. The molecular weight excluding hydrogens is 496 g/mol. The van der Waals surface area contributed by atoms with Crippen molar-refractivity contribution in [1.29, 1.82) is 0 Å². The van der Waals surface area contributed by atoms with Crippen molar-refractivity contribution in [3.05, 3.63) is 81.9 Å². The van der Waals surface area contributed by atoms with Gasteiger partial charge in [-0.25, -0.2) is 5.43 Å². The summed E-state index contributed by atoms with van der Waals surface area (Å²) in [6.45, 7) is 11.6. The highest BCUT2D eigenvalue weighted by Gasteiger charge is 2.15. The minimum absolute atomic E-state index is 0.203. The van der Waals surface area contributed by atoms with Gasteiger partial charge in [-0.05, 0) is 87.6 Å². The lowest BCUT2D eigenvalue weighted by Crippen LogP contribution is -2.32. The average Bonchev–Trinajstić information content (AvgIpc) is 2.88. The number of amides is 3. The molecule has 0 saturated carbocycles. The molecule has 3 amide bonds. The van der Waals surface area contributed by atoms with Crippen molar-refractivity contribution in [2.45, 2.75) is 41.5 Å². The number of nitrogens with one attached hydrogen (secondary N) is 3. The van der Waals surface area contributed by atoms with E-state index in [0.717, 1.165) is 33.5 Å². The molecule has 204 valence electrons. The van der Waals surface area contributed by atoms with Crippen LogP contribution < -0.4 is 25.5 Å². The third-order valence-electron chi connectivity index (χ3n) is 5.87. The number of ether oxygens (including phenoxy) is 2. The summed E-state index contributed by atoms with van der Waals surface area (Å²) in [5.41, 5.74) is 8.98. The van der Waals surface area contributed by atoms with E-state index in [2.05, 4.69) is 21.2 Å². The van der Waals surface area contributed by atoms with Gasteiger partial charge in [-0.1, -0.05) is 35.9 Å². The van der Waals surface area contributed by atoms with Crippen LogP contribution in [0.25, 0.3) is 0 Å². The molecule has 0 radical (unpaired) electrons. The van der Waals surface area contributed by atoms with Gasteiger partial charge in [0, 0.05) is 11.4 Å². The molecule has 3 aromatic rings. The van der Waals surface area contributed by atoms with Crippen LogP contribution in [0.1, 0.15) is 40.3 Å².